The minimum Gasteiger partial charge on any atom is -0.481 e. The molecule has 1 aliphatic heterocycles. The van der Waals surface area contributed by atoms with Crippen molar-refractivity contribution >= 4 is 29.6 Å². The quantitative estimate of drug-likeness (QED) is 0.740. The summed E-state index contributed by atoms with van der Waals surface area (Å²) in [6.45, 7) is 0. The van der Waals surface area contributed by atoms with Crippen molar-refractivity contribution in [3.05, 3.63) is 29.8 Å². The highest BCUT2D eigenvalue weighted by molar-refractivity contribution is 8.01. The van der Waals surface area contributed by atoms with Crippen LogP contribution in [0.25, 0.3) is 0 Å². The van der Waals surface area contributed by atoms with Gasteiger partial charge in [-0.1, -0.05) is 18.2 Å². The summed E-state index contributed by atoms with van der Waals surface area (Å²) in [5.41, 5.74) is 1.04. The van der Waals surface area contributed by atoms with Crippen LogP contribution < -0.4 is 5.32 Å². The van der Waals surface area contributed by atoms with E-state index in [2.05, 4.69) is 5.32 Å². The van der Waals surface area contributed by atoms with E-state index in [9.17, 15) is 14.4 Å². The standard InChI is InChI=1S/C13H13NO5S/c15-11(16)6-8(13(18)19)14-12(17)10-5-7-3-1-2-4-9(7)20-10/h1-4,8,10H,5-6H2,(H,14,17)(H,15,16)(H,18,19)/t8-,10?/m0/s1. The third kappa shape index (κ3) is 3.30. The monoisotopic (exact) mass is 295 g/mol. The molecule has 106 valence electrons. The van der Waals surface area contributed by atoms with Gasteiger partial charge in [0.05, 0.1) is 11.7 Å². The predicted molar refractivity (Wildman–Crippen MR) is 71.6 cm³/mol. The zero-order chi connectivity index (χ0) is 14.7. The number of nitrogens with one attached hydrogen (secondary N) is 1. The Kier molecular flexibility index (Phi) is 4.29. The molecule has 2 rings (SSSR count). The fourth-order valence-electron chi connectivity index (χ4n) is 1.97. The summed E-state index contributed by atoms with van der Waals surface area (Å²) < 4.78 is 0. The Bertz CT molecular complexity index is 534. The summed E-state index contributed by atoms with van der Waals surface area (Å²) in [7, 11) is 0. The number of hydrogen-bond donors (Lipinski definition) is 3. The number of thioether (sulfide) groups is 1. The number of aliphatic carboxylic acids is 2. The van der Waals surface area contributed by atoms with Gasteiger partial charge in [-0.05, 0) is 18.1 Å². The number of carboxylic acids is 2. The van der Waals surface area contributed by atoms with Gasteiger partial charge in [-0.15, -0.1) is 11.8 Å². The lowest BCUT2D eigenvalue weighted by Gasteiger charge is -2.15. The third-order valence-corrected chi connectivity index (χ3v) is 4.25. The van der Waals surface area contributed by atoms with Crippen molar-refractivity contribution in [2.24, 2.45) is 0 Å². The fourth-order valence-corrected chi connectivity index (χ4v) is 3.17. The first-order valence-electron chi connectivity index (χ1n) is 5.97. The first-order valence-corrected chi connectivity index (χ1v) is 6.85. The maximum atomic E-state index is 12.0. The summed E-state index contributed by atoms with van der Waals surface area (Å²) in [5, 5.41) is 19.4. The van der Waals surface area contributed by atoms with E-state index in [0.29, 0.717) is 6.42 Å². The predicted octanol–water partition coefficient (Wildman–Crippen LogP) is 0.748. The molecular weight excluding hydrogens is 282 g/mol. The Hall–Kier alpha value is -2.02. The van der Waals surface area contributed by atoms with Gasteiger partial charge in [0, 0.05) is 4.90 Å². The number of benzene rings is 1. The van der Waals surface area contributed by atoms with Crippen molar-refractivity contribution < 1.29 is 24.6 Å². The minimum atomic E-state index is -1.40. The lowest BCUT2D eigenvalue weighted by atomic mass is 10.1. The number of hydrogen-bond acceptors (Lipinski definition) is 4. The zero-order valence-electron chi connectivity index (χ0n) is 10.4. The van der Waals surface area contributed by atoms with Crippen LogP contribution in [-0.4, -0.2) is 39.4 Å². The van der Waals surface area contributed by atoms with Gasteiger partial charge in [-0.25, -0.2) is 4.79 Å². The molecule has 1 aliphatic rings. The largest absolute Gasteiger partial charge is 0.481 e. The molecule has 0 radical (unpaired) electrons. The van der Waals surface area contributed by atoms with Crippen LogP contribution in [0.5, 0.6) is 0 Å². The van der Waals surface area contributed by atoms with Crippen molar-refractivity contribution in [3.8, 4) is 0 Å². The molecular formula is C13H13NO5S. The van der Waals surface area contributed by atoms with Gasteiger partial charge in [0.2, 0.25) is 5.91 Å². The summed E-state index contributed by atoms with van der Waals surface area (Å²) >= 11 is 1.36. The number of carboxylic acid groups (broad SMARTS) is 2. The van der Waals surface area contributed by atoms with Crippen LogP contribution in [0.2, 0.25) is 0 Å². The molecule has 7 heteroatoms. The number of amides is 1. The topological polar surface area (TPSA) is 104 Å². The molecule has 1 amide bonds. The van der Waals surface area contributed by atoms with E-state index in [0.717, 1.165) is 10.5 Å². The fraction of sp³-hybridized carbons (Fsp3) is 0.308. The second kappa shape index (κ2) is 5.96. The van der Waals surface area contributed by atoms with Crippen molar-refractivity contribution in [2.45, 2.75) is 29.0 Å². The molecule has 0 bridgehead atoms. The van der Waals surface area contributed by atoms with Gasteiger partial charge < -0.3 is 15.5 Å². The molecule has 2 atom stereocenters. The first-order chi connectivity index (χ1) is 9.47. The lowest BCUT2D eigenvalue weighted by Crippen LogP contribution is -2.45. The Morgan fingerprint density at radius 1 is 1.30 bits per heavy atom. The second-order valence-corrected chi connectivity index (χ2v) is 5.66. The molecule has 0 aliphatic carbocycles. The summed E-state index contributed by atoms with van der Waals surface area (Å²) in [4.78, 5) is 34.5. The van der Waals surface area contributed by atoms with Crippen LogP contribution in [0, 0.1) is 0 Å². The van der Waals surface area contributed by atoms with Crippen molar-refractivity contribution in [3.63, 3.8) is 0 Å². The summed E-state index contributed by atoms with van der Waals surface area (Å²) in [5.74, 6) is -3.05. The highest BCUT2D eigenvalue weighted by Crippen LogP contribution is 2.36. The third-order valence-electron chi connectivity index (χ3n) is 2.93. The lowest BCUT2D eigenvalue weighted by molar-refractivity contribution is -0.147. The van der Waals surface area contributed by atoms with E-state index in [1.165, 1.54) is 11.8 Å². The van der Waals surface area contributed by atoms with Crippen molar-refractivity contribution in [1.29, 1.82) is 0 Å². The van der Waals surface area contributed by atoms with E-state index >= 15 is 0 Å². The number of carbonyl (C=O) groups excluding carboxylic acids is 1. The molecule has 1 heterocycles. The van der Waals surface area contributed by atoms with Crippen LogP contribution in [0.4, 0.5) is 0 Å². The molecule has 0 spiro atoms. The van der Waals surface area contributed by atoms with Crippen LogP contribution in [0.15, 0.2) is 29.2 Å². The van der Waals surface area contributed by atoms with Crippen molar-refractivity contribution in [1.82, 2.24) is 5.32 Å². The molecule has 6 nitrogen and oxygen atoms in total. The molecule has 0 saturated heterocycles. The maximum absolute atomic E-state index is 12.0. The molecule has 0 fully saturated rings. The van der Waals surface area contributed by atoms with Crippen molar-refractivity contribution in [2.75, 3.05) is 0 Å². The number of fused-ring (bicyclic) bond motifs is 1. The highest BCUT2D eigenvalue weighted by atomic mass is 32.2. The zero-order valence-corrected chi connectivity index (χ0v) is 11.2. The average Bonchev–Trinajstić information content (AvgIpc) is 2.81. The Morgan fingerprint density at radius 3 is 2.60 bits per heavy atom. The summed E-state index contributed by atoms with van der Waals surface area (Å²) in [6, 6.07) is 6.17. The van der Waals surface area contributed by atoms with E-state index in [1.54, 1.807) is 0 Å². The van der Waals surface area contributed by atoms with E-state index < -0.39 is 35.6 Å². The SMILES string of the molecule is O=C(O)C[C@H](NC(=O)C1Cc2ccccc2S1)C(=O)O. The molecule has 3 N–H and O–H groups in total. The van der Waals surface area contributed by atoms with Gasteiger partial charge in [0.25, 0.3) is 0 Å². The van der Waals surface area contributed by atoms with Crippen LogP contribution >= 0.6 is 11.8 Å². The molecule has 1 unspecified atom stereocenters. The number of carbonyl (C=O) groups is 3. The number of rotatable bonds is 5. The van der Waals surface area contributed by atoms with Gasteiger partial charge in [0.1, 0.15) is 6.04 Å². The van der Waals surface area contributed by atoms with E-state index in [4.69, 9.17) is 10.2 Å². The van der Waals surface area contributed by atoms with Crippen LogP contribution in [0.1, 0.15) is 12.0 Å². The molecule has 1 aromatic rings. The smallest absolute Gasteiger partial charge is 0.326 e. The van der Waals surface area contributed by atoms with Gasteiger partial charge in [-0.2, -0.15) is 0 Å². The highest BCUT2D eigenvalue weighted by Gasteiger charge is 2.31. The van der Waals surface area contributed by atoms with Gasteiger partial charge in [0.15, 0.2) is 0 Å². The summed E-state index contributed by atoms with van der Waals surface area (Å²) in [6.07, 6.45) is -0.114. The molecule has 0 saturated carbocycles. The molecule has 0 aromatic heterocycles. The Labute approximate surface area is 119 Å². The first kappa shape index (κ1) is 14.4. The van der Waals surface area contributed by atoms with Gasteiger partial charge in [-0.3, -0.25) is 9.59 Å². The Balaban J connectivity index is 1.99. The normalized spacial score (nSPS) is 18.1. The maximum Gasteiger partial charge on any atom is 0.326 e. The van der Waals surface area contributed by atoms with Crippen LogP contribution in [-0.2, 0) is 20.8 Å². The Morgan fingerprint density at radius 2 is 2.00 bits per heavy atom. The minimum absolute atomic E-state index is 0.414. The van der Waals surface area contributed by atoms with Crippen LogP contribution in [0.3, 0.4) is 0 Å². The van der Waals surface area contributed by atoms with E-state index in [-0.39, 0.29) is 0 Å². The molecule has 20 heavy (non-hydrogen) atoms. The van der Waals surface area contributed by atoms with Gasteiger partial charge >= 0.3 is 11.9 Å². The second-order valence-electron chi connectivity index (χ2n) is 4.42. The van der Waals surface area contributed by atoms with E-state index in [1.807, 2.05) is 24.3 Å². The average molecular weight is 295 g/mol. The molecule has 1 aromatic carbocycles.